The maximum atomic E-state index is 12.9. The van der Waals surface area contributed by atoms with Gasteiger partial charge in [-0.3, -0.25) is 4.79 Å². The number of fused-ring (bicyclic) bond motifs is 1. The summed E-state index contributed by atoms with van der Waals surface area (Å²) in [5.74, 6) is 1.40. The molecule has 0 saturated heterocycles. The van der Waals surface area contributed by atoms with Gasteiger partial charge in [0.2, 0.25) is 12.7 Å². The average molecular weight is 462 g/mol. The first kappa shape index (κ1) is 22.9. The van der Waals surface area contributed by atoms with E-state index in [1.165, 1.54) is 12.1 Å². The van der Waals surface area contributed by atoms with E-state index in [0.717, 1.165) is 23.4 Å². The van der Waals surface area contributed by atoms with E-state index in [2.05, 4.69) is 5.16 Å². The monoisotopic (exact) mass is 462 g/mol. The highest BCUT2D eigenvalue weighted by molar-refractivity contribution is 6.01. The van der Waals surface area contributed by atoms with Crippen molar-refractivity contribution in [3.63, 3.8) is 0 Å². The van der Waals surface area contributed by atoms with Gasteiger partial charge in [-0.1, -0.05) is 31.1 Å². The number of rotatable bonds is 7. The first-order valence-corrected chi connectivity index (χ1v) is 10.8. The summed E-state index contributed by atoms with van der Waals surface area (Å²) in [6.45, 7) is 4.55. The molecule has 0 aliphatic carbocycles. The highest BCUT2D eigenvalue weighted by atomic mass is 19.4. The number of halogens is 3. The second-order valence-electron chi connectivity index (χ2n) is 8.60. The molecular weight excluding hydrogens is 437 g/mol. The number of nitrogens with zero attached hydrogens (tertiary/aromatic N) is 2. The van der Waals surface area contributed by atoms with Gasteiger partial charge >= 0.3 is 6.18 Å². The van der Waals surface area contributed by atoms with E-state index in [1.807, 2.05) is 32.0 Å². The number of carbonyl (C=O) groups is 1. The molecular formula is C24H25F3N2O4. The van der Waals surface area contributed by atoms with Crippen LogP contribution in [0.4, 0.5) is 13.2 Å². The van der Waals surface area contributed by atoms with Gasteiger partial charge in [-0.05, 0) is 41.8 Å². The molecule has 33 heavy (non-hydrogen) atoms. The molecule has 2 aromatic carbocycles. The molecule has 2 aliphatic rings. The average Bonchev–Trinajstić information content (AvgIpc) is 3.41. The summed E-state index contributed by atoms with van der Waals surface area (Å²) in [4.78, 5) is 20.1. The number of ether oxygens (including phenoxy) is 2. The lowest BCUT2D eigenvalue weighted by atomic mass is 10.0. The third kappa shape index (κ3) is 5.58. The minimum atomic E-state index is -4.40. The topological polar surface area (TPSA) is 60.4 Å². The van der Waals surface area contributed by atoms with Crippen molar-refractivity contribution in [3.8, 4) is 11.5 Å². The van der Waals surface area contributed by atoms with Crippen molar-refractivity contribution in [1.29, 1.82) is 0 Å². The van der Waals surface area contributed by atoms with Crippen LogP contribution in [-0.2, 0) is 22.4 Å². The number of hydrogen-bond acceptors (Lipinski definition) is 5. The second kappa shape index (κ2) is 9.33. The van der Waals surface area contributed by atoms with E-state index in [4.69, 9.17) is 14.3 Å². The summed E-state index contributed by atoms with van der Waals surface area (Å²) in [7, 11) is 0. The van der Waals surface area contributed by atoms with Crippen LogP contribution in [-0.4, -0.2) is 36.0 Å². The summed E-state index contributed by atoms with van der Waals surface area (Å²) in [6.07, 6.45) is -3.91. The lowest BCUT2D eigenvalue weighted by molar-refractivity contribution is -0.138. The zero-order valence-electron chi connectivity index (χ0n) is 18.4. The van der Waals surface area contributed by atoms with Crippen molar-refractivity contribution in [2.75, 3.05) is 13.3 Å². The van der Waals surface area contributed by atoms with E-state index in [0.29, 0.717) is 29.9 Å². The molecule has 0 radical (unpaired) electrons. The van der Waals surface area contributed by atoms with Gasteiger partial charge < -0.3 is 19.2 Å². The molecule has 0 spiro atoms. The van der Waals surface area contributed by atoms with Crippen molar-refractivity contribution >= 4 is 11.6 Å². The number of amides is 1. The summed E-state index contributed by atoms with van der Waals surface area (Å²) in [5.41, 5.74) is 1.50. The Labute approximate surface area is 189 Å². The quantitative estimate of drug-likeness (QED) is 0.581. The SMILES string of the molecule is CC(C)CC(=O)N(Cc1ccc(C(F)(F)F)cc1)CC1CC(c2ccc3c(c2)OCO3)=NO1. The van der Waals surface area contributed by atoms with Crippen LogP contribution in [0.5, 0.6) is 11.5 Å². The van der Waals surface area contributed by atoms with Gasteiger partial charge in [-0.15, -0.1) is 0 Å². The Morgan fingerprint density at radius 1 is 1.12 bits per heavy atom. The van der Waals surface area contributed by atoms with Crippen LogP contribution >= 0.6 is 0 Å². The van der Waals surface area contributed by atoms with E-state index < -0.39 is 11.7 Å². The van der Waals surface area contributed by atoms with Gasteiger partial charge in [0.25, 0.3) is 0 Å². The Hall–Kier alpha value is -3.23. The lowest BCUT2D eigenvalue weighted by Gasteiger charge is -2.26. The van der Waals surface area contributed by atoms with Crippen LogP contribution in [0, 0.1) is 5.92 Å². The fraction of sp³-hybridized carbons (Fsp3) is 0.417. The number of oxime groups is 1. The van der Waals surface area contributed by atoms with Gasteiger partial charge in [0, 0.05) is 24.9 Å². The molecule has 2 aromatic rings. The first-order valence-electron chi connectivity index (χ1n) is 10.8. The molecule has 2 aliphatic heterocycles. The number of hydrogen-bond donors (Lipinski definition) is 0. The van der Waals surface area contributed by atoms with Crippen LogP contribution in [0.25, 0.3) is 0 Å². The maximum absolute atomic E-state index is 12.9. The van der Waals surface area contributed by atoms with Crippen molar-refractivity contribution in [1.82, 2.24) is 4.90 Å². The minimum Gasteiger partial charge on any atom is -0.454 e. The smallest absolute Gasteiger partial charge is 0.416 e. The van der Waals surface area contributed by atoms with Crippen LogP contribution in [0.1, 0.15) is 43.4 Å². The predicted molar refractivity (Wildman–Crippen MR) is 115 cm³/mol. The Balaban J connectivity index is 1.43. The molecule has 6 nitrogen and oxygen atoms in total. The van der Waals surface area contributed by atoms with E-state index in [9.17, 15) is 18.0 Å². The van der Waals surface area contributed by atoms with Gasteiger partial charge in [-0.2, -0.15) is 13.2 Å². The molecule has 0 bridgehead atoms. The standard InChI is InChI=1S/C24H25F3N2O4/c1-15(2)9-23(30)29(12-16-3-6-18(7-4-16)24(25,26)27)13-19-11-20(28-33-19)17-5-8-21-22(10-17)32-14-31-21/h3-8,10,15,19H,9,11-14H2,1-2H3. The van der Waals surface area contributed by atoms with Gasteiger partial charge in [0.15, 0.2) is 17.6 Å². The van der Waals surface area contributed by atoms with Crippen LogP contribution < -0.4 is 9.47 Å². The summed E-state index contributed by atoms with van der Waals surface area (Å²) >= 11 is 0. The molecule has 9 heteroatoms. The fourth-order valence-corrected chi connectivity index (χ4v) is 3.77. The minimum absolute atomic E-state index is 0.0787. The summed E-state index contributed by atoms with van der Waals surface area (Å²) in [5, 5.41) is 4.19. The maximum Gasteiger partial charge on any atom is 0.416 e. The molecule has 176 valence electrons. The molecule has 0 aromatic heterocycles. The molecule has 2 heterocycles. The molecule has 0 saturated carbocycles. The molecule has 1 atom stereocenters. The highest BCUT2D eigenvalue weighted by Gasteiger charge is 2.31. The lowest BCUT2D eigenvalue weighted by Crippen LogP contribution is -2.37. The van der Waals surface area contributed by atoms with E-state index in [1.54, 1.807) is 4.90 Å². The number of benzene rings is 2. The molecule has 1 amide bonds. The van der Waals surface area contributed by atoms with Crippen LogP contribution in [0.3, 0.4) is 0 Å². The highest BCUT2D eigenvalue weighted by Crippen LogP contribution is 2.34. The zero-order chi connectivity index (χ0) is 23.6. The summed E-state index contributed by atoms with van der Waals surface area (Å²) < 4.78 is 49.3. The second-order valence-corrected chi connectivity index (χ2v) is 8.60. The van der Waals surface area contributed by atoms with Crippen molar-refractivity contribution in [3.05, 3.63) is 59.2 Å². The molecule has 0 N–H and O–H groups in total. The normalized spacial score (nSPS) is 17.2. The number of carbonyl (C=O) groups excluding carboxylic acids is 1. The largest absolute Gasteiger partial charge is 0.454 e. The Morgan fingerprint density at radius 3 is 2.55 bits per heavy atom. The molecule has 4 rings (SSSR count). The third-order valence-electron chi connectivity index (χ3n) is 5.45. The predicted octanol–water partition coefficient (Wildman–Crippen LogP) is 5.00. The van der Waals surface area contributed by atoms with Gasteiger partial charge in [0.05, 0.1) is 17.8 Å². The number of alkyl halides is 3. The van der Waals surface area contributed by atoms with Crippen molar-refractivity contribution < 1.29 is 32.3 Å². The third-order valence-corrected chi connectivity index (χ3v) is 5.45. The zero-order valence-corrected chi connectivity index (χ0v) is 18.4. The Bertz CT molecular complexity index is 1030. The van der Waals surface area contributed by atoms with Crippen LogP contribution in [0.2, 0.25) is 0 Å². The van der Waals surface area contributed by atoms with Gasteiger partial charge in [-0.25, -0.2) is 0 Å². The molecule has 1 unspecified atom stereocenters. The Kier molecular flexibility index (Phi) is 6.49. The van der Waals surface area contributed by atoms with E-state index >= 15 is 0 Å². The van der Waals surface area contributed by atoms with Crippen molar-refractivity contribution in [2.24, 2.45) is 11.1 Å². The van der Waals surface area contributed by atoms with Crippen molar-refractivity contribution in [2.45, 2.75) is 45.5 Å². The van der Waals surface area contributed by atoms with E-state index in [-0.39, 0.29) is 37.8 Å². The molecule has 0 fully saturated rings. The Morgan fingerprint density at radius 2 is 1.85 bits per heavy atom. The van der Waals surface area contributed by atoms with Gasteiger partial charge in [0.1, 0.15) is 0 Å². The fourth-order valence-electron chi connectivity index (χ4n) is 3.77. The summed E-state index contributed by atoms with van der Waals surface area (Å²) in [6, 6.07) is 10.4. The first-order chi connectivity index (χ1) is 15.7. The van der Waals surface area contributed by atoms with Crippen LogP contribution in [0.15, 0.2) is 47.6 Å².